The molecule has 0 saturated heterocycles. The number of nitrogens with zero attached hydrogens (tertiary/aromatic N) is 2. The minimum atomic E-state index is -4.06. The van der Waals surface area contributed by atoms with E-state index in [0.717, 1.165) is 16.7 Å². The Morgan fingerprint density at radius 2 is 1.74 bits per heavy atom. The van der Waals surface area contributed by atoms with Gasteiger partial charge in [0.25, 0.3) is 15.9 Å². The maximum atomic E-state index is 13.2. The number of ether oxygens (including phenoxy) is 1. The first-order valence-electron chi connectivity index (χ1n) is 11.5. The molecule has 1 aliphatic heterocycles. The number of rotatable bonds is 3. The number of hydrogen-bond acceptors (Lipinski definition) is 6. The molecule has 4 rings (SSSR count). The number of fused-ring (bicyclic) bond motifs is 4. The first-order chi connectivity index (χ1) is 16.5. The second kappa shape index (κ2) is 9.30. The number of benzene rings is 2. The van der Waals surface area contributed by atoms with E-state index in [2.05, 4.69) is 33.9 Å². The molecule has 0 fully saturated rings. The zero-order chi connectivity index (χ0) is 25.4. The summed E-state index contributed by atoms with van der Waals surface area (Å²) in [6, 6.07) is 13.5. The summed E-state index contributed by atoms with van der Waals surface area (Å²) in [4.78, 5) is 21.9. The van der Waals surface area contributed by atoms with Crippen LogP contribution in [0, 0.1) is 19.8 Å². The van der Waals surface area contributed by atoms with Crippen LogP contribution in [0.15, 0.2) is 53.4 Å². The number of carbonyl (C=O) groups excluding carboxylic acids is 1. The highest BCUT2D eigenvalue weighted by Gasteiger charge is 2.31. The van der Waals surface area contributed by atoms with E-state index in [1.807, 2.05) is 39.0 Å². The largest absolute Gasteiger partial charge is 0.475 e. The number of sulfonamides is 1. The molecule has 0 aliphatic carbocycles. The molecule has 8 nitrogen and oxygen atoms in total. The summed E-state index contributed by atoms with van der Waals surface area (Å²) in [6.45, 7) is 10.1. The van der Waals surface area contributed by atoms with E-state index >= 15 is 0 Å². The van der Waals surface area contributed by atoms with Crippen molar-refractivity contribution in [1.82, 2.24) is 15.3 Å². The molecular weight excluding hydrogens is 464 g/mol. The number of carbonyl (C=O) groups is 1. The van der Waals surface area contributed by atoms with Crippen molar-refractivity contribution in [3.63, 3.8) is 0 Å². The molecule has 0 spiro atoms. The van der Waals surface area contributed by atoms with Crippen LogP contribution < -0.4 is 14.8 Å². The zero-order valence-electron chi connectivity index (χ0n) is 20.5. The van der Waals surface area contributed by atoms with Crippen LogP contribution in [-0.2, 0) is 10.0 Å². The van der Waals surface area contributed by atoms with Crippen molar-refractivity contribution in [2.75, 3.05) is 11.3 Å². The monoisotopic (exact) mass is 494 g/mol. The highest BCUT2D eigenvalue weighted by atomic mass is 32.2. The van der Waals surface area contributed by atoms with Crippen LogP contribution in [0.2, 0.25) is 0 Å². The van der Waals surface area contributed by atoms with Gasteiger partial charge in [0, 0.05) is 17.2 Å². The van der Waals surface area contributed by atoms with E-state index in [-0.39, 0.29) is 40.7 Å². The number of amides is 1. The molecule has 1 aliphatic rings. The second-order valence-electron chi connectivity index (χ2n) is 9.72. The van der Waals surface area contributed by atoms with E-state index in [1.54, 1.807) is 18.2 Å². The van der Waals surface area contributed by atoms with E-state index in [9.17, 15) is 13.2 Å². The molecule has 1 amide bonds. The topological polar surface area (TPSA) is 110 Å². The van der Waals surface area contributed by atoms with Crippen molar-refractivity contribution in [3.8, 4) is 17.1 Å². The molecule has 9 heteroatoms. The molecule has 2 N–H and O–H groups in total. The summed E-state index contributed by atoms with van der Waals surface area (Å²) >= 11 is 0. The quantitative estimate of drug-likeness (QED) is 0.555. The minimum Gasteiger partial charge on any atom is -0.475 e. The fraction of sp³-hybridized carbons (Fsp3) is 0.346. The van der Waals surface area contributed by atoms with Crippen molar-refractivity contribution < 1.29 is 17.9 Å². The van der Waals surface area contributed by atoms with Crippen LogP contribution in [0.1, 0.15) is 48.7 Å². The van der Waals surface area contributed by atoms with Gasteiger partial charge in [-0.25, -0.2) is 18.1 Å². The Morgan fingerprint density at radius 1 is 1.06 bits per heavy atom. The SMILES string of the molecule is Cc1cccc(C)c1-c1cc2nc(n1)NS(=O)(=O)c1cccc(c1)C(=O)NC(C)(CC(C)C)CO2. The number of aromatic nitrogens is 2. The predicted molar refractivity (Wildman–Crippen MR) is 135 cm³/mol. The van der Waals surface area contributed by atoms with Crippen LogP contribution in [0.3, 0.4) is 0 Å². The fourth-order valence-electron chi connectivity index (χ4n) is 4.50. The van der Waals surface area contributed by atoms with Gasteiger partial charge >= 0.3 is 0 Å². The van der Waals surface area contributed by atoms with Gasteiger partial charge in [0.1, 0.15) is 6.61 Å². The Hall–Kier alpha value is -3.46. The van der Waals surface area contributed by atoms with Crippen molar-refractivity contribution >= 4 is 21.9 Å². The van der Waals surface area contributed by atoms with Crippen LogP contribution in [0.4, 0.5) is 5.95 Å². The molecule has 1 unspecified atom stereocenters. The first kappa shape index (κ1) is 24.7. The van der Waals surface area contributed by atoms with E-state index in [1.165, 1.54) is 12.1 Å². The Balaban J connectivity index is 1.89. The van der Waals surface area contributed by atoms with Gasteiger partial charge in [-0.2, -0.15) is 4.98 Å². The third-order valence-corrected chi connectivity index (χ3v) is 7.21. The van der Waals surface area contributed by atoms with Gasteiger partial charge in [-0.1, -0.05) is 38.1 Å². The molecule has 0 radical (unpaired) electrons. The van der Waals surface area contributed by atoms with Crippen LogP contribution in [0.5, 0.6) is 5.88 Å². The molecule has 3 aromatic rings. The molecule has 2 heterocycles. The summed E-state index contributed by atoms with van der Waals surface area (Å²) in [7, 11) is -4.06. The van der Waals surface area contributed by atoms with Gasteiger partial charge in [-0.3, -0.25) is 4.79 Å². The maximum Gasteiger partial charge on any atom is 0.264 e. The zero-order valence-corrected chi connectivity index (χ0v) is 21.4. The van der Waals surface area contributed by atoms with Gasteiger partial charge in [0.15, 0.2) is 0 Å². The summed E-state index contributed by atoms with van der Waals surface area (Å²) < 4.78 is 34.9. The number of aryl methyl sites for hydroxylation is 2. The molecule has 1 atom stereocenters. The average Bonchev–Trinajstić information content (AvgIpc) is 2.76. The molecule has 2 aromatic carbocycles. The van der Waals surface area contributed by atoms with Gasteiger partial charge in [0.2, 0.25) is 11.8 Å². The summed E-state index contributed by atoms with van der Waals surface area (Å²) in [5.41, 5.74) is 2.93. The lowest BCUT2D eigenvalue weighted by Crippen LogP contribution is -2.51. The summed E-state index contributed by atoms with van der Waals surface area (Å²) in [5, 5.41) is 3.05. The standard InChI is InChI=1S/C26H30N4O4S/c1-16(2)14-26(5)15-34-22-13-21(23-17(3)8-6-9-18(23)4)27-25(28-22)30-35(32,33)20-11-7-10-19(12-20)24(31)29-26/h6-13,16H,14-15H2,1-5H3,(H,29,31)(H,27,28,30). The number of nitrogens with one attached hydrogen (secondary N) is 2. The Bertz CT molecular complexity index is 1370. The normalized spacial score (nSPS) is 19.4. The minimum absolute atomic E-state index is 0.0569. The van der Waals surface area contributed by atoms with Crippen LogP contribution in [-0.4, -0.2) is 36.4 Å². The fourth-order valence-corrected chi connectivity index (χ4v) is 5.49. The lowest BCUT2D eigenvalue weighted by molar-refractivity contribution is 0.0840. The molecule has 4 bridgehead atoms. The van der Waals surface area contributed by atoms with E-state index in [0.29, 0.717) is 12.1 Å². The number of anilines is 1. The maximum absolute atomic E-state index is 13.2. The second-order valence-corrected chi connectivity index (χ2v) is 11.4. The highest BCUT2D eigenvalue weighted by molar-refractivity contribution is 7.92. The van der Waals surface area contributed by atoms with Crippen molar-refractivity contribution in [1.29, 1.82) is 0 Å². The smallest absolute Gasteiger partial charge is 0.264 e. The van der Waals surface area contributed by atoms with Gasteiger partial charge in [0.05, 0.1) is 16.1 Å². The predicted octanol–water partition coefficient (Wildman–Crippen LogP) is 4.49. The number of hydrogen-bond donors (Lipinski definition) is 2. The summed E-state index contributed by atoms with van der Waals surface area (Å²) in [6.07, 6.45) is 0.649. The third kappa shape index (κ3) is 5.45. The molecule has 1 aromatic heterocycles. The van der Waals surface area contributed by atoms with Gasteiger partial charge in [-0.05, 0) is 62.4 Å². The lowest BCUT2D eigenvalue weighted by atomic mass is 9.91. The van der Waals surface area contributed by atoms with Crippen molar-refractivity contribution in [2.24, 2.45) is 5.92 Å². The molecule has 35 heavy (non-hydrogen) atoms. The van der Waals surface area contributed by atoms with E-state index < -0.39 is 15.6 Å². The van der Waals surface area contributed by atoms with Crippen molar-refractivity contribution in [2.45, 2.75) is 51.5 Å². The van der Waals surface area contributed by atoms with Gasteiger partial charge < -0.3 is 10.1 Å². The van der Waals surface area contributed by atoms with Crippen LogP contribution >= 0.6 is 0 Å². The van der Waals surface area contributed by atoms with Gasteiger partial charge in [-0.15, -0.1) is 0 Å². The first-order valence-corrected chi connectivity index (χ1v) is 13.0. The Morgan fingerprint density at radius 3 is 2.43 bits per heavy atom. The molecule has 184 valence electrons. The lowest BCUT2D eigenvalue weighted by Gasteiger charge is -2.32. The highest BCUT2D eigenvalue weighted by Crippen LogP contribution is 2.30. The van der Waals surface area contributed by atoms with E-state index in [4.69, 9.17) is 4.74 Å². The third-order valence-electron chi connectivity index (χ3n) is 5.88. The van der Waals surface area contributed by atoms with Crippen molar-refractivity contribution in [3.05, 3.63) is 65.2 Å². The van der Waals surface area contributed by atoms with Crippen LogP contribution in [0.25, 0.3) is 11.3 Å². The molecular formula is C26H30N4O4S. The summed E-state index contributed by atoms with van der Waals surface area (Å²) in [5.74, 6) is 0.0151. The Kier molecular flexibility index (Phi) is 6.55. The Labute approximate surface area is 206 Å². The molecule has 0 saturated carbocycles. The average molecular weight is 495 g/mol.